The normalized spacial score (nSPS) is 14.1. The third kappa shape index (κ3) is 3.94. The Bertz CT molecular complexity index is 1240. The highest BCUT2D eigenvalue weighted by molar-refractivity contribution is 7.12. The number of pyridine rings is 3. The minimum absolute atomic E-state index is 0.228. The van der Waals surface area contributed by atoms with Gasteiger partial charge in [-0.2, -0.15) is 0 Å². The van der Waals surface area contributed by atoms with Crippen LogP contribution in [0.2, 0.25) is 0 Å². The van der Waals surface area contributed by atoms with Gasteiger partial charge in [0.25, 0.3) is 5.91 Å². The van der Waals surface area contributed by atoms with Crippen LogP contribution in [0, 0.1) is 0 Å². The van der Waals surface area contributed by atoms with E-state index >= 15 is 0 Å². The molecule has 4 aromatic heterocycles. The minimum Gasteiger partial charge on any atom is -0.353 e. The lowest BCUT2D eigenvalue weighted by Crippen LogP contribution is -2.57. The number of aromatic nitrogens is 5. The number of nitrogens with zero attached hydrogens (tertiary/aromatic N) is 7. The molecule has 1 saturated heterocycles. The van der Waals surface area contributed by atoms with Crippen molar-refractivity contribution in [1.29, 1.82) is 0 Å². The molecule has 5 rings (SSSR count). The summed E-state index contributed by atoms with van der Waals surface area (Å²) in [6, 6.07) is 7.81. The first kappa shape index (κ1) is 19.5. The molecule has 0 bridgehead atoms. The molecule has 10 heteroatoms. The Morgan fingerprint density at radius 3 is 2.81 bits per heavy atom. The molecule has 0 aromatic carbocycles. The van der Waals surface area contributed by atoms with Crippen molar-refractivity contribution >= 4 is 39.8 Å². The van der Waals surface area contributed by atoms with Gasteiger partial charge >= 0.3 is 0 Å². The van der Waals surface area contributed by atoms with Crippen LogP contribution in [0.25, 0.3) is 21.5 Å². The molecule has 1 amide bonds. The van der Waals surface area contributed by atoms with Crippen molar-refractivity contribution in [3.8, 4) is 10.6 Å². The zero-order valence-electron chi connectivity index (χ0n) is 17.1. The molecule has 4 aromatic rings. The van der Waals surface area contributed by atoms with Gasteiger partial charge in [-0.05, 0) is 38.4 Å². The fourth-order valence-electron chi connectivity index (χ4n) is 3.41. The molecule has 0 aliphatic carbocycles. The highest BCUT2D eigenvalue weighted by Crippen LogP contribution is 2.25. The van der Waals surface area contributed by atoms with Crippen LogP contribution >= 0.6 is 11.3 Å². The van der Waals surface area contributed by atoms with Crippen molar-refractivity contribution in [2.45, 2.75) is 6.04 Å². The van der Waals surface area contributed by atoms with E-state index in [0.29, 0.717) is 17.4 Å². The van der Waals surface area contributed by atoms with Gasteiger partial charge in [0.1, 0.15) is 22.2 Å². The third-order valence-corrected chi connectivity index (χ3v) is 6.08. The van der Waals surface area contributed by atoms with Crippen molar-refractivity contribution in [1.82, 2.24) is 30.0 Å². The summed E-state index contributed by atoms with van der Waals surface area (Å²) in [7, 11) is 4.14. The molecule has 31 heavy (non-hydrogen) atoms. The second-order valence-electron chi connectivity index (χ2n) is 7.61. The van der Waals surface area contributed by atoms with Crippen molar-refractivity contribution < 1.29 is 4.79 Å². The molecule has 0 saturated carbocycles. The standard InChI is InChI=1S/C21H20N8OS/c1-28(2)16-10-29(11-16)19-7-13(3-4-22-19)20(30)26-18-6-14-5-15(21-27-25-12-31-21)8-23-17(14)9-24-18/h3-9,12,16H,10-11H2,1-2H3,(H,24,26,30). The summed E-state index contributed by atoms with van der Waals surface area (Å²) in [6.45, 7) is 1.81. The number of hydrogen-bond donors (Lipinski definition) is 1. The monoisotopic (exact) mass is 432 g/mol. The molecule has 0 atom stereocenters. The van der Waals surface area contributed by atoms with E-state index in [2.05, 4.69) is 54.4 Å². The Kier molecular flexibility index (Phi) is 5.00. The van der Waals surface area contributed by atoms with E-state index in [4.69, 9.17) is 0 Å². The lowest BCUT2D eigenvalue weighted by atomic mass is 10.1. The highest BCUT2D eigenvalue weighted by atomic mass is 32.1. The molecular weight excluding hydrogens is 412 g/mol. The summed E-state index contributed by atoms with van der Waals surface area (Å²) in [5.41, 5.74) is 3.84. The van der Waals surface area contributed by atoms with E-state index in [1.807, 2.05) is 18.2 Å². The van der Waals surface area contributed by atoms with Crippen LogP contribution in [0.4, 0.5) is 11.6 Å². The van der Waals surface area contributed by atoms with Gasteiger partial charge in [0.15, 0.2) is 0 Å². The molecule has 0 spiro atoms. The van der Waals surface area contributed by atoms with E-state index in [-0.39, 0.29) is 5.91 Å². The second-order valence-corrected chi connectivity index (χ2v) is 8.44. The Hall–Kier alpha value is -3.50. The van der Waals surface area contributed by atoms with Crippen molar-refractivity contribution in [2.75, 3.05) is 37.4 Å². The molecule has 5 heterocycles. The summed E-state index contributed by atoms with van der Waals surface area (Å²) in [4.78, 5) is 30.3. The molecular formula is C21H20N8OS. The quantitative estimate of drug-likeness (QED) is 0.514. The van der Waals surface area contributed by atoms with Gasteiger partial charge in [0, 0.05) is 48.0 Å². The fraction of sp³-hybridized carbons (Fsp3) is 0.238. The zero-order valence-corrected chi connectivity index (χ0v) is 17.9. The number of carbonyl (C=O) groups excluding carboxylic acids is 1. The first-order valence-electron chi connectivity index (χ1n) is 9.78. The summed E-state index contributed by atoms with van der Waals surface area (Å²) in [5.74, 6) is 1.04. The Labute approximate surface area is 182 Å². The van der Waals surface area contributed by atoms with Gasteiger partial charge in [-0.1, -0.05) is 11.3 Å². The van der Waals surface area contributed by atoms with E-state index in [1.54, 1.807) is 30.2 Å². The van der Waals surface area contributed by atoms with Gasteiger partial charge in [0.05, 0.1) is 11.7 Å². The van der Waals surface area contributed by atoms with Gasteiger partial charge < -0.3 is 15.1 Å². The third-order valence-electron chi connectivity index (χ3n) is 5.34. The SMILES string of the molecule is CN(C)C1CN(c2cc(C(=O)Nc3cc4cc(-c5nncs5)cnc4cn3)ccn2)C1. The number of amides is 1. The maximum atomic E-state index is 12.8. The first-order chi connectivity index (χ1) is 15.1. The summed E-state index contributed by atoms with van der Waals surface area (Å²) < 4.78 is 0. The van der Waals surface area contributed by atoms with E-state index in [1.165, 1.54) is 11.3 Å². The van der Waals surface area contributed by atoms with E-state index in [0.717, 1.165) is 40.4 Å². The topological polar surface area (TPSA) is 100 Å². The number of hydrogen-bond acceptors (Lipinski definition) is 9. The predicted octanol–water partition coefficient (Wildman–Crippen LogP) is 2.55. The molecule has 9 nitrogen and oxygen atoms in total. The average Bonchev–Trinajstić information content (AvgIpc) is 3.27. The lowest BCUT2D eigenvalue weighted by Gasteiger charge is -2.43. The van der Waals surface area contributed by atoms with E-state index < -0.39 is 0 Å². The smallest absolute Gasteiger partial charge is 0.257 e. The van der Waals surface area contributed by atoms with E-state index in [9.17, 15) is 4.79 Å². The van der Waals surface area contributed by atoms with Crippen molar-refractivity contribution in [3.05, 3.63) is 53.9 Å². The summed E-state index contributed by atoms with van der Waals surface area (Å²) in [5, 5.41) is 12.5. The maximum absolute atomic E-state index is 12.8. The minimum atomic E-state index is -0.228. The summed E-state index contributed by atoms with van der Waals surface area (Å²) in [6.07, 6.45) is 5.06. The summed E-state index contributed by atoms with van der Waals surface area (Å²) >= 11 is 1.45. The van der Waals surface area contributed by atoms with Gasteiger partial charge in [-0.3, -0.25) is 9.78 Å². The number of fused-ring (bicyclic) bond motifs is 1. The second kappa shape index (κ2) is 7.97. The Morgan fingerprint density at radius 1 is 1.16 bits per heavy atom. The molecule has 1 aliphatic rings. The van der Waals surface area contributed by atoms with Crippen molar-refractivity contribution in [3.63, 3.8) is 0 Å². The van der Waals surface area contributed by atoms with Crippen LogP contribution in [0.1, 0.15) is 10.4 Å². The Balaban J connectivity index is 1.34. The largest absolute Gasteiger partial charge is 0.353 e. The van der Waals surface area contributed by atoms with Gasteiger partial charge in [0.2, 0.25) is 0 Å². The van der Waals surface area contributed by atoms with Crippen LogP contribution in [-0.2, 0) is 0 Å². The predicted molar refractivity (Wildman–Crippen MR) is 120 cm³/mol. The maximum Gasteiger partial charge on any atom is 0.257 e. The molecule has 0 radical (unpaired) electrons. The van der Waals surface area contributed by atoms with Crippen LogP contribution < -0.4 is 10.2 Å². The number of anilines is 2. The Morgan fingerprint density at radius 2 is 2.03 bits per heavy atom. The highest BCUT2D eigenvalue weighted by Gasteiger charge is 2.29. The van der Waals surface area contributed by atoms with Gasteiger partial charge in [-0.25, -0.2) is 9.97 Å². The molecule has 0 unspecified atom stereocenters. The number of rotatable bonds is 5. The molecule has 156 valence electrons. The van der Waals surface area contributed by atoms with Crippen LogP contribution in [0.3, 0.4) is 0 Å². The van der Waals surface area contributed by atoms with Crippen molar-refractivity contribution in [2.24, 2.45) is 0 Å². The number of likely N-dealkylation sites (N-methyl/N-ethyl adjacent to an activating group) is 1. The number of carbonyl (C=O) groups is 1. The molecule has 1 N–H and O–H groups in total. The molecule has 1 aliphatic heterocycles. The molecule has 1 fully saturated rings. The average molecular weight is 433 g/mol. The first-order valence-corrected chi connectivity index (χ1v) is 10.7. The zero-order chi connectivity index (χ0) is 21.4. The van der Waals surface area contributed by atoms with Crippen LogP contribution in [0.5, 0.6) is 0 Å². The van der Waals surface area contributed by atoms with Crippen LogP contribution in [-0.4, -0.2) is 69.2 Å². The lowest BCUT2D eigenvalue weighted by molar-refractivity contribution is 0.102. The fourth-order valence-corrected chi connectivity index (χ4v) is 3.94. The number of nitrogens with one attached hydrogen (secondary N) is 1. The van der Waals surface area contributed by atoms with Crippen LogP contribution in [0.15, 0.2) is 48.4 Å². The van der Waals surface area contributed by atoms with Gasteiger partial charge in [-0.15, -0.1) is 10.2 Å².